The van der Waals surface area contributed by atoms with E-state index in [2.05, 4.69) is 21.1 Å². The molecule has 16 heavy (non-hydrogen) atoms. The van der Waals surface area contributed by atoms with Crippen LogP contribution in [0.4, 0.5) is 0 Å². The molecule has 1 aromatic rings. The third-order valence-electron chi connectivity index (χ3n) is 3.48. The van der Waals surface area contributed by atoms with Crippen LogP contribution in [-0.2, 0) is 5.41 Å². The van der Waals surface area contributed by atoms with E-state index in [-0.39, 0.29) is 5.41 Å². The fourth-order valence-corrected chi connectivity index (χ4v) is 2.42. The lowest BCUT2D eigenvalue weighted by molar-refractivity contribution is 0.310. The van der Waals surface area contributed by atoms with E-state index in [1.807, 2.05) is 31.2 Å². The normalized spacial score (nSPS) is 20.5. The summed E-state index contributed by atoms with van der Waals surface area (Å²) in [5, 5.41) is 12.1. The van der Waals surface area contributed by atoms with Crippen molar-refractivity contribution in [2.24, 2.45) is 16.8 Å². The van der Waals surface area contributed by atoms with E-state index < -0.39 is 0 Å². The Kier molecular flexibility index (Phi) is 2.93. The lowest BCUT2D eigenvalue weighted by Gasteiger charge is -2.28. The van der Waals surface area contributed by atoms with Crippen LogP contribution in [0.3, 0.4) is 0 Å². The number of nitrogens with zero attached hydrogens (tertiary/aromatic N) is 1. The topological polar surface area (TPSA) is 58.6 Å². The Hall–Kier alpha value is -1.03. The van der Waals surface area contributed by atoms with Gasteiger partial charge in [0.05, 0.1) is 5.41 Å². The molecule has 0 unspecified atom stereocenters. The van der Waals surface area contributed by atoms with Crippen molar-refractivity contribution < 1.29 is 5.21 Å². The molecule has 3 N–H and O–H groups in total. The fraction of sp³-hybridized carbons (Fsp3) is 0.417. The van der Waals surface area contributed by atoms with Crippen LogP contribution in [-0.4, -0.2) is 11.0 Å². The van der Waals surface area contributed by atoms with Gasteiger partial charge in [0.2, 0.25) is 0 Å². The van der Waals surface area contributed by atoms with Gasteiger partial charge in [0.15, 0.2) is 0 Å². The van der Waals surface area contributed by atoms with Gasteiger partial charge in [-0.2, -0.15) is 0 Å². The summed E-state index contributed by atoms with van der Waals surface area (Å²) in [4.78, 5) is 0. The number of amidine groups is 1. The zero-order chi connectivity index (χ0) is 11.8. The van der Waals surface area contributed by atoms with Crippen LogP contribution in [0, 0.1) is 5.92 Å². The number of halogens is 1. The molecule has 2 rings (SSSR count). The number of hydrogen-bond acceptors (Lipinski definition) is 2. The van der Waals surface area contributed by atoms with Gasteiger partial charge in [0.1, 0.15) is 5.84 Å². The van der Waals surface area contributed by atoms with Gasteiger partial charge in [-0.25, -0.2) is 0 Å². The van der Waals surface area contributed by atoms with Crippen LogP contribution < -0.4 is 5.73 Å². The van der Waals surface area contributed by atoms with Gasteiger partial charge in [-0.15, -0.1) is 0 Å². The Balaban J connectivity index is 2.43. The number of benzene rings is 1. The van der Waals surface area contributed by atoms with Crippen molar-refractivity contribution in [3.8, 4) is 0 Å². The van der Waals surface area contributed by atoms with Crippen molar-refractivity contribution in [1.29, 1.82) is 0 Å². The van der Waals surface area contributed by atoms with Gasteiger partial charge < -0.3 is 10.9 Å². The van der Waals surface area contributed by atoms with E-state index in [0.29, 0.717) is 11.8 Å². The highest BCUT2D eigenvalue weighted by Gasteiger charge is 2.46. The smallest absolute Gasteiger partial charge is 0.149 e. The number of nitrogens with two attached hydrogens (primary N) is 1. The van der Waals surface area contributed by atoms with Gasteiger partial charge >= 0.3 is 0 Å². The van der Waals surface area contributed by atoms with Crippen molar-refractivity contribution in [3.63, 3.8) is 0 Å². The van der Waals surface area contributed by atoms with Gasteiger partial charge in [-0.05, 0) is 43.4 Å². The molecule has 0 aromatic heterocycles. The maximum Gasteiger partial charge on any atom is 0.149 e. The van der Waals surface area contributed by atoms with Gasteiger partial charge in [-0.3, -0.25) is 0 Å². The Morgan fingerprint density at radius 1 is 1.44 bits per heavy atom. The monoisotopic (exact) mass is 282 g/mol. The molecule has 86 valence electrons. The molecule has 1 saturated carbocycles. The minimum Gasteiger partial charge on any atom is -0.409 e. The molecule has 3 nitrogen and oxygen atoms in total. The predicted molar refractivity (Wildman–Crippen MR) is 67.6 cm³/mol. The quantitative estimate of drug-likeness (QED) is 0.388. The Bertz CT molecular complexity index is 412. The van der Waals surface area contributed by atoms with Crippen LogP contribution in [0.25, 0.3) is 0 Å². The molecular weight excluding hydrogens is 268 g/mol. The Morgan fingerprint density at radius 3 is 2.44 bits per heavy atom. The zero-order valence-corrected chi connectivity index (χ0v) is 10.7. The number of oxime groups is 1. The first kappa shape index (κ1) is 11.5. The van der Waals surface area contributed by atoms with E-state index in [4.69, 9.17) is 10.9 Å². The maximum absolute atomic E-state index is 8.92. The molecular formula is C12H15BrN2O. The molecule has 1 fully saturated rings. The van der Waals surface area contributed by atoms with Crippen molar-refractivity contribution in [3.05, 3.63) is 34.3 Å². The van der Waals surface area contributed by atoms with E-state index in [1.165, 1.54) is 0 Å². The third-order valence-corrected chi connectivity index (χ3v) is 4.01. The second-order valence-electron chi connectivity index (χ2n) is 4.47. The van der Waals surface area contributed by atoms with Crippen LogP contribution in [0.15, 0.2) is 33.9 Å². The Morgan fingerprint density at radius 2 is 2.00 bits per heavy atom. The molecule has 0 heterocycles. The van der Waals surface area contributed by atoms with Crippen molar-refractivity contribution >= 4 is 21.8 Å². The van der Waals surface area contributed by atoms with Crippen molar-refractivity contribution in [2.45, 2.75) is 25.2 Å². The van der Waals surface area contributed by atoms with Crippen LogP contribution >= 0.6 is 15.9 Å². The zero-order valence-electron chi connectivity index (χ0n) is 9.15. The summed E-state index contributed by atoms with van der Waals surface area (Å²) < 4.78 is 1.04. The number of rotatable bonds is 3. The molecule has 0 radical (unpaired) electrons. The molecule has 4 heteroatoms. The molecule has 1 aromatic carbocycles. The largest absolute Gasteiger partial charge is 0.409 e. The number of hydrogen-bond donors (Lipinski definition) is 2. The second kappa shape index (κ2) is 4.09. The fourth-order valence-electron chi connectivity index (χ4n) is 2.15. The summed E-state index contributed by atoms with van der Waals surface area (Å²) in [6.07, 6.45) is 2.28. The average molecular weight is 283 g/mol. The molecule has 1 aliphatic rings. The first-order valence-corrected chi connectivity index (χ1v) is 6.12. The lowest BCUT2D eigenvalue weighted by Crippen LogP contribution is -2.40. The molecule has 0 amide bonds. The highest BCUT2D eigenvalue weighted by atomic mass is 79.9. The predicted octanol–water partition coefficient (Wildman–Crippen LogP) is 2.86. The standard InChI is InChI=1S/C12H15BrN2O/c1-12(8-2-3-8,11(14)15-16)9-4-6-10(13)7-5-9/h4-8,16H,2-3H2,1H3,(H2,14,15)/t12-/m0/s1. The second-order valence-corrected chi connectivity index (χ2v) is 5.38. The molecule has 1 atom stereocenters. The van der Waals surface area contributed by atoms with Crippen LogP contribution in [0.2, 0.25) is 0 Å². The van der Waals surface area contributed by atoms with Gasteiger partial charge in [0, 0.05) is 4.47 Å². The first-order valence-electron chi connectivity index (χ1n) is 5.33. The molecule has 0 saturated heterocycles. The van der Waals surface area contributed by atoms with Crippen molar-refractivity contribution in [2.75, 3.05) is 0 Å². The summed E-state index contributed by atoms with van der Waals surface area (Å²) in [7, 11) is 0. The van der Waals surface area contributed by atoms with Crippen LogP contribution in [0.5, 0.6) is 0 Å². The van der Waals surface area contributed by atoms with Gasteiger partial charge in [0.25, 0.3) is 0 Å². The van der Waals surface area contributed by atoms with E-state index in [9.17, 15) is 0 Å². The lowest BCUT2D eigenvalue weighted by atomic mass is 9.77. The molecule has 1 aliphatic carbocycles. The van der Waals surface area contributed by atoms with Crippen LogP contribution in [0.1, 0.15) is 25.3 Å². The Labute approximate surface area is 103 Å². The molecule has 0 bridgehead atoms. The third kappa shape index (κ3) is 1.82. The summed E-state index contributed by atoms with van der Waals surface area (Å²) in [6, 6.07) is 8.03. The summed E-state index contributed by atoms with van der Waals surface area (Å²) in [5.74, 6) is 0.793. The SMILES string of the molecule is C[C@@](/C(N)=N/O)(c1ccc(Br)cc1)C1CC1. The highest BCUT2D eigenvalue weighted by Crippen LogP contribution is 2.47. The van der Waals surface area contributed by atoms with E-state index in [1.54, 1.807) is 0 Å². The maximum atomic E-state index is 8.92. The summed E-state index contributed by atoms with van der Waals surface area (Å²) in [6.45, 7) is 2.04. The average Bonchev–Trinajstić information content (AvgIpc) is 3.12. The molecule has 0 aliphatic heterocycles. The van der Waals surface area contributed by atoms with Gasteiger partial charge in [-0.1, -0.05) is 33.2 Å². The first-order chi connectivity index (χ1) is 7.59. The van der Waals surface area contributed by atoms with Crippen molar-refractivity contribution in [1.82, 2.24) is 0 Å². The highest BCUT2D eigenvalue weighted by molar-refractivity contribution is 9.10. The summed E-state index contributed by atoms with van der Waals surface area (Å²) in [5.41, 5.74) is 6.62. The molecule has 0 spiro atoms. The summed E-state index contributed by atoms with van der Waals surface area (Å²) >= 11 is 3.41. The minimum absolute atomic E-state index is 0.303. The van der Waals surface area contributed by atoms with E-state index in [0.717, 1.165) is 22.9 Å². The minimum atomic E-state index is -0.338. The van der Waals surface area contributed by atoms with E-state index >= 15 is 0 Å².